The number of hydrogen-bond acceptors (Lipinski definition) is 1. The lowest BCUT2D eigenvalue weighted by Crippen LogP contribution is -1.96. The monoisotopic (exact) mass is 237 g/mol. The molecule has 0 unspecified atom stereocenters. The van der Waals surface area contributed by atoms with E-state index in [0.717, 1.165) is 17.7 Å². The van der Waals surface area contributed by atoms with Crippen molar-refractivity contribution in [2.75, 3.05) is 0 Å². The van der Waals surface area contributed by atoms with Crippen molar-refractivity contribution in [2.24, 2.45) is 0 Å². The molecule has 0 saturated carbocycles. The third-order valence-electron chi connectivity index (χ3n) is 2.09. The van der Waals surface area contributed by atoms with E-state index in [1.807, 2.05) is 6.07 Å². The van der Waals surface area contributed by atoms with Gasteiger partial charge >= 0.3 is 0 Å². The summed E-state index contributed by atoms with van der Waals surface area (Å²) in [6, 6.07) is 10.5. The van der Waals surface area contributed by atoms with Gasteiger partial charge in [-0.05, 0) is 5.56 Å². The Balaban J connectivity index is 2.10. The van der Waals surface area contributed by atoms with Crippen LogP contribution in [0.5, 0.6) is 5.75 Å². The predicted octanol–water partition coefficient (Wildman–Crippen LogP) is 3.69. The number of benzene rings is 2. The highest BCUT2D eigenvalue weighted by Crippen LogP contribution is 2.20. The molecule has 0 spiro atoms. The average molecular weight is 237 g/mol. The molecule has 17 heavy (non-hydrogen) atoms. The highest BCUT2D eigenvalue weighted by Gasteiger charge is 2.11. The molecule has 0 fully saturated rings. The van der Waals surface area contributed by atoms with Crippen molar-refractivity contribution >= 4 is 0 Å². The fourth-order valence-electron chi connectivity index (χ4n) is 1.27. The molecule has 0 bridgehead atoms. The highest BCUT2D eigenvalue weighted by molar-refractivity contribution is 5.28. The van der Waals surface area contributed by atoms with Crippen LogP contribution in [0, 0.1) is 24.1 Å². The number of halogens is 3. The summed E-state index contributed by atoms with van der Waals surface area (Å²) in [4.78, 5) is 0. The van der Waals surface area contributed by atoms with Crippen LogP contribution < -0.4 is 4.74 Å². The molecule has 0 aromatic heterocycles. The maximum Gasteiger partial charge on any atom is 0.194 e. The Morgan fingerprint density at radius 1 is 0.882 bits per heavy atom. The van der Waals surface area contributed by atoms with Gasteiger partial charge in [-0.1, -0.05) is 30.3 Å². The van der Waals surface area contributed by atoms with Crippen molar-refractivity contribution < 1.29 is 17.9 Å². The molecule has 2 aromatic rings. The highest BCUT2D eigenvalue weighted by atomic mass is 19.2. The molecule has 87 valence electrons. The van der Waals surface area contributed by atoms with Gasteiger partial charge in [-0.25, -0.2) is 13.2 Å². The van der Waals surface area contributed by atoms with E-state index in [1.54, 1.807) is 24.3 Å². The molecule has 0 aliphatic rings. The third kappa shape index (κ3) is 2.78. The SMILES string of the molecule is Fc1cc(O[CH]c2ccccc2)cc(F)c1F. The van der Waals surface area contributed by atoms with Gasteiger partial charge in [-0.15, -0.1) is 0 Å². The molecule has 0 N–H and O–H groups in total. The molecule has 2 aromatic carbocycles. The van der Waals surface area contributed by atoms with Gasteiger partial charge in [0.25, 0.3) is 0 Å². The van der Waals surface area contributed by atoms with E-state index < -0.39 is 17.5 Å². The Labute approximate surface area is 96.5 Å². The van der Waals surface area contributed by atoms with E-state index in [4.69, 9.17) is 4.74 Å². The molecule has 1 nitrogen and oxygen atoms in total. The average Bonchev–Trinajstić information content (AvgIpc) is 2.34. The molecular weight excluding hydrogens is 229 g/mol. The van der Waals surface area contributed by atoms with E-state index in [9.17, 15) is 13.2 Å². The zero-order chi connectivity index (χ0) is 12.3. The van der Waals surface area contributed by atoms with Crippen LogP contribution in [0.4, 0.5) is 13.2 Å². The van der Waals surface area contributed by atoms with E-state index in [1.165, 1.54) is 6.61 Å². The third-order valence-corrected chi connectivity index (χ3v) is 2.09. The summed E-state index contributed by atoms with van der Waals surface area (Å²) in [5.74, 6) is -4.15. The first kappa shape index (κ1) is 11.5. The van der Waals surface area contributed by atoms with Gasteiger partial charge in [0.05, 0.1) is 0 Å². The van der Waals surface area contributed by atoms with Gasteiger partial charge in [-0.3, -0.25) is 0 Å². The smallest absolute Gasteiger partial charge is 0.194 e. The normalized spacial score (nSPS) is 10.3. The van der Waals surface area contributed by atoms with Gasteiger partial charge in [0.1, 0.15) is 5.75 Å². The maximum atomic E-state index is 12.9. The van der Waals surface area contributed by atoms with Crippen LogP contribution in [-0.4, -0.2) is 0 Å². The fraction of sp³-hybridized carbons (Fsp3) is 0. The van der Waals surface area contributed by atoms with Crippen molar-refractivity contribution in [3.05, 3.63) is 72.1 Å². The van der Waals surface area contributed by atoms with Crippen molar-refractivity contribution in [3.8, 4) is 5.75 Å². The predicted molar refractivity (Wildman–Crippen MR) is 56.8 cm³/mol. The van der Waals surface area contributed by atoms with Crippen LogP contribution in [0.25, 0.3) is 0 Å². The first-order chi connectivity index (χ1) is 8.16. The van der Waals surface area contributed by atoms with E-state index in [2.05, 4.69) is 0 Å². The molecule has 0 saturated heterocycles. The summed E-state index contributed by atoms with van der Waals surface area (Å²) < 4.78 is 43.4. The lowest BCUT2D eigenvalue weighted by Gasteiger charge is -2.06. The standard InChI is InChI=1S/C13H8F3O/c14-11-6-10(7-12(15)13(11)16)17-8-9-4-2-1-3-5-9/h1-8H. The van der Waals surface area contributed by atoms with Crippen molar-refractivity contribution in [2.45, 2.75) is 0 Å². The lowest BCUT2D eigenvalue weighted by atomic mass is 10.2. The van der Waals surface area contributed by atoms with Crippen LogP contribution in [0.15, 0.2) is 42.5 Å². The van der Waals surface area contributed by atoms with Crippen LogP contribution in [0.1, 0.15) is 5.56 Å². The van der Waals surface area contributed by atoms with Crippen LogP contribution in [-0.2, 0) is 0 Å². The van der Waals surface area contributed by atoms with Crippen molar-refractivity contribution in [1.29, 1.82) is 0 Å². The van der Waals surface area contributed by atoms with Gasteiger partial charge in [0, 0.05) is 12.1 Å². The second-order valence-corrected chi connectivity index (χ2v) is 3.35. The molecule has 2 rings (SSSR count). The van der Waals surface area contributed by atoms with Gasteiger partial charge in [-0.2, -0.15) is 0 Å². The zero-order valence-electron chi connectivity index (χ0n) is 8.66. The quantitative estimate of drug-likeness (QED) is 0.740. The van der Waals surface area contributed by atoms with E-state index in [-0.39, 0.29) is 5.75 Å². The fourth-order valence-corrected chi connectivity index (χ4v) is 1.27. The molecule has 0 aliphatic carbocycles. The van der Waals surface area contributed by atoms with E-state index >= 15 is 0 Å². The minimum absolute atomic E-state index is 0.0924. The summed E-state index contributed by atoms with van der Waals surface area (Å²) in [5, 5.41) is 0. The Morgan fingerprint density at radius 3 is 2.06 bits per heavy atom. The van der Waals surface area contributed by atoms with Gasteiger partial charge in [0.2, 0.25) is 0 Å². The summed E-state index contributed by atoms with van der Waals surface area (Å²) in [7, 11) is 0. The molecule has 1 radical (unpaired) electrons. The minimum Gasteiger partial charge on any atom is -0.481 e. The molecule has 0 aliphatic heterocycles. The Bertz CT molecular complexity index is 488. The number of hydrogen-bond donors (Lipinski definition) is 0. The molecule has 4 heteroatoms. The zero-order valence-corrected chi connectivity index (χ0v) is 8.66. The molecule has 0 heterocycles. The Morgan fingerprint density at radius 2 is 1.47 bits per heavy atom. The van der Waals surface area contributed by atoms with Crippen LogP contribution in [0.3, 0.4) is 0 Å². The Kier molecular flexibility index (Phi) is 3.32. The molecular formula is C13H8F3O. The van der Waals surface area contributed by atoms with Gasteiger partial charge in [0.15, 0.2) is 24.1 Å². The molecule has 0 amide bonds. The van der Waals surface area contributed by atoms with Gasteiger partial charge < -0.3 is 4.74 Å². The van der Waals surface area contributed by atoms with Crippen LogP contribution >= 0.6 is 0 Å². The van der Waals surface area contributed by atoms with E-state index in [0.29, 0.717) is 0 Å². The Hall–Kier alpha value is -1.97. The first-order valence-electron chi connectivity index (χ1n) is 4.86. The number of rotatable bonds is 3. The van der Waals surface area contributed by atoms with Crippen molar-refractivity contribution in [1.82, 2.24) is 0 Å². The second kappa shape index (κ2) is 4.91. The summed E-state index contributed by atoms with van der Waals surface area (Å²) in [6.07, 6.45) is 0. The number of ether oxygens (including phenoxy) is 1. The maximum absolute atomic E-state index is 12.9. The lowest BCUT2D eigenvalue weighted by molar-refractivity contribution is 0.400. The van der Waals surface area contributed by atoms with Crippen molar-refractivity contribution in [3.63, 3.8) is 0 Å². The summed E-state index contributed by atoms with van der Waals surface area (Å²) in [6.45, 7) is 1.33. The van der Waals surface area contributed by atoms with Crippen LogP contribution in [0.2, 0.25) is 0 Å². The summed E-state index contributed by atoms with van der Waals surface area (Å²) >= 11 is 0. The summed E-state index contributed by atoms with van der Waals surface area (Å²) in [5.41, 5.74) is 0.734. The first-order valence-corrected chi connectivity index (χ1v) is 4.86. The minimum atomic E-state index is -1.50. The largest absolute Gasteiger partial charge is 0.481 e. The molecule has 0 atom stereocenters. The second-order valence-electron chi connectivity index (χ2n) is 3.35. The topological polar surface area (TPSA) is 9.23 Å².